The fraction of sp³-hybridized carbons (Fsp3) is 0.136. The summed E-state index contributed by atoms with van der Waals surface area (Å²) in [6, 6.07) is 14.4. The van der Waals surface area contributed by atoms with Gasteiger partial charge in [0, 0.05) is 11.6 Å². The van der Waals surface area contributed by atoms with Gasteiger partial charge in [-0.2, -0.15) is 0 Å². The summed E-state index contributed by atoms with van der Waals surface area (Å²) in [7, 11) is 1.58. The Kier molecular flexibility index (Phi) is 5.31. The van der Waals surface area contributed by atoms with E-state index < -0.39 is 0 Å². The first-order valence-electron chi connectivity index (χ1n) is 8.77. The van der Waals surface area contributed by atoms with Gasteiger partial charge in [0.1, 0.15) is 5.75 Å². The number of nitrogens with zero attached hydrogens (tertiary/aromatic N) is 2. The predicted octanol–water partition coefficient (Wildman–Crippen LogP) is 4.54. The van der Waals surface area contributed by atoms with Crippen molar-refractivity contribution in [3.8, 4) is 5.75 Å². The Labute approximate surface area is 157 Å². The van der Waals surface area contributed by atoms with Crippen molar-refractivity contribution in [3.63, 3.8) is 0 Å². The number of carbonyl (C=O) groups is 2. The number of rotatable bonds is 3. The van der Waals surface area contributed by atoms with Gasteiger partial charge in [0.05, 0.1) is 30.0 Å². The lowest BCUT2D eigenvalue weighted by Crippen LogP contribution is -2.23. The molecule has 0 aliphatic carbocycles. The topological polar surface area (TPSA) is 59.5 Å². The molecule has 5 heteroatoms. The third-order valence-corrected chi connectivity index (χ3v) is 4.20. The molecule has 2 heterocycles. The van der Waals surface area contributed by atoms with Crippen LogP contribution in [0.1, 0.15) is 40.1 Å². The average molecular weight is 360 g/mol. The van der Waals surface area contributed by atoms with Crippen molar-refractivity contribution in [1.82, 2.24) is 9.88 Å². The number of carbonyl (C=O) groups excluding carboxylic acids is 2. The summed E-state index contributed by atoms with van der Waals surface area (Å²) in [6.07, 6.45) is 4.91. The Morgan fingerprint density at radius 1 is 0.963 bits per heavy atom. The third-order valence-electron chi connectivity index (χ3n) is 4.20. The average Bonchev–Trinajstić information content (AvgIpc) is 2.98. The van der Waals surface area contributed by atoms with Crippen molar-refractivity contribution >= 4 is 28.8 Å². The highest BCUT2D eigenvalue weighted by Crippen LogP contribution is 2.25. The molecule has 0 bridgehead atoms. The minimum atomic E-state index is -0.312. The van der Waals surface area contributed by atoms with Gasteiger partial charge in [-0.15, -0.1) is 0 Å². The highest BCUT2D eigenvalue weighted by atomic mass is 16.5. The van der Waals surface area contributed by atoms with E-state index in [1.54, 1.807) is 43.6 Å². The highest BCUT2D eigenvalue weighted by molar-refractivity contribution is 6.22. The van der Waals surface area contributed by atoms with Crippen LogP contribution in [0.5, 0.6) is 5.75 Å². The smallest absolute Gasteiger partial charge is 0.265 e. The number of amides is 2. The second-order valence-electron chi connectivity index (χ2n) is 5.63. The Balaban J connectivity index is 0.00000102. The van der Waals surface area contributed by atoms with Gasteiger partial charge in [-0.05, 0) is 35.9 Å². The van der Waals surface area contributed by atoms with E-state index in [1.165, 1.54) is 6.20 Å². The molecule has 1 aromatic heterocycles. The number of benzene rings is 2. The van der Waals surface area contributed by atoms with Crippen molar-refractivity contribution in [2.45, 2.75) is 13.8 Å². The second-order valence-corrected chi connectivity index (χ2v) is 5.63. The number of imide groups is 1. The normalized spacial score (nSPS) is 12.9. The maximum Gasteiger partial charge on any atom is 0.265 e. The van der Waals surface area contributed by atoms with Gasteiger partial charge in [-0.1, -0.05) is 38.1 Å². The van der Waals surface area contributed by atoms with E-state index in [4.69, 9.17) is 4.74 Å². The van der Waals surface area contributed by atoms with Crippen molar-refractivity contribution in [2.24, 2.45) is 0 Å². The molecule has 1 aliphatic heterocycles. The largest absolute Gasteiger partial charge is 0.495 e. The van der Waals surface area contributed by atoms with Crippen LogP contribution in [0.15, 0.2) is 60.9 Å². The third kappa shape index (κ3) is 3.31. The van der Waals surface area contributed by atoms with Gasteiger partial charge in [0.25, 0.3) is 11.8 Å². The minimum Gasteiger partial charge on any atom is -0.495 e. The quantitative estimate of drug-likeness (QED) is 0.644. The van der Waals surface area contributed by atoms with Crippen LogP contribution < -0.4 is 4.74 Å². The molecule has 0 atom stereocenters. The zero-order valence-corrected chi connectivity index (χ0v) is 15.5. The van der Waals surface area contributed by atoms with E-state index in [0.29, 0.717) is 16.9 Å². The maximum atomic E-state index is 12.4. The number of aromatic nitrogens is 1. The molecular weight excluding hydrogens is 340 g/mol. The van der Waals surface area contributed by atoms with Gasteiger partial charge in [-0.3, -0.25) is 14.6 Å². The summed E-state index contributed by atoms with van der Waals surface area (Å²) < 4.78 is 5.23. The molecule has 1 aliphatic rings. The lowest BCUT2D eigenvalue weighted by Gasteiger charge is -2.08. The standard InChI is InChI=1S/C20H14N2O3.C2H6/c1-25-14-11-17-13(5-4-8-18(17)21-12-14)9-10-22-19(23)15-6-2-3-7-16(15)20(22)24;1-2/h2-12H,1H3;1-2H3/b10-9+;. The lowest BCUT2D eigenvalue weighted by molar-refractivity contribution is 0.0722. The number of ether oxygens (including phenoxy) is 1. The van der Waals surface area contributed by atoms with Crippen molar-refractivity contribution < 1.29 is 14.3 Å². The van der Waals surface area contributed by atoms with Crippen LogP contribution in [0.3, 0.4) is 0 Å². The molecule has 5 nitrogen and oxygen atoms in total. The van der Waals surface area contributed by atoms with Crippen LogP contribution in [0, 0.1) is 0 Å². The van der Waals surface area contributed by atoms with Crippen molar-refractivity contribution in [1.29, 1.82) is 0 Å². The van der Waals surface area contributed by atoms with Crippen molar-refractivity contribution in [2.75, 3.05) is 7.11 Å². The van der Waals surface area contributed by atoms with E-state index in [2.05, 4.69) is 4.98 Å². The van der Waals surface area contributed by atoms with Crippen LogP contribution >= 0.6 is 0 Å². The highest BCUT2D eigenvalue weighted by Gasteiger charge is 2.33. The number of fused-ring (bicyclic) bond motifs is 2. The second kappa shape index (κ2) is 7.83. The first kappa shape index (κ1) is 18.3. The summed E-state index contributed by atoms with van der Waals surface area (Å²) in [4.78, 5) is 30.3. The van der Waals surface area contributed by atoms with Gasteiger partial charge in [-0.25, -0.2) is 4.90 Å². The molecule has 0 N–H and O–H groups in total. The van der Waals surface area contributed by atoms with Crippen LogP contribution in [0.25, 0.3) is 17.0 Å². The summed E-state index contributed by atoms with van der Waals surface area (Å²) >= 11 is 0. The van der Waals surface area contributed by atoms with E-state index in [0.717, 1.165) is 21.4 Å². The molecule has 0 radical (unpaired) electrons. The molecule has 0 unspecified atom stereocenters. The van der Waals surface area contributed by atoms with Gasteiger partial charge in [0.15, 0.2) is 0 Å². The molecule has 0 saturated heterocycles. The maximum absolute atomic E-state index is 12.4. The van der Waals surface area contributed by atoms with Crippen LogP contribution in [-0.2, 0) is 0 Å². The van der Waals surface area contributed by atoms with Gasteiger partial charge < -0.3 is 4.74 Å². The zero-order valence-electron chi connectivity index (χ0n) is 15.5. The van der Waals surface area contributed by atoms with Crippen LogP contribution in [0.2, 0.25) is 0 Å². The predicted molar refractivity (Wildman–Crippen MR) is 106 cm³/mol. The lowest BCUT2D eigenvalue weighted by atomic mass is 10.1. The Hall–Kier alpha value is -3.47. The first-order chi connectivity index (χ1) is 13.2. The summed E-state index contributed by atoms with van der Waals surface area (Å²) in [5.74, 6) is 0.0228. The van der Waals surface area contributed by atoms with Crippen LogP contribution in [0.4, 0.5) is 0 Å². The Morgan fingerprint density at radius 3 is 2.26 bits per heavy atom. The molecule has 0 fully saturated rings. The molecule has 0 spiro atoms. The zero-order chi connectivity index (χ0) is 19.4. The number of hydrogen-bond donors (Lipinski definition) is 0. The molecule has 27 heavy (non-hydrogen) atoms. The molecule has 136 valence electrons. The van der Waals surface area contributed by atoms with E-state index in [-0.39, 0.29) is 11.8 Å². The Morgan fingerprint density at radius 2 is 1.63 bits per heavy atom. The van der Waals surface area contributed by atoms with Gasteiger partial charge >= 0.3 is 0 Å². The summed E-state index contributed by atoms with van der Waals surface area (Å²) in [5, 5.41) is 0.884. The molecule has 2 amide bonds. The number of pyridine rings is 1. The van der Waals surface area contributed by atoms with Gasteiger partial charge in [0.2, 0.25) is 0 Å². The van der Waals surface area contributed by atoms with E-state index in [9.17, 15) is 9.59 Å². The SMILES string of the molecule is CC.COc1cnc2cccc(/C=C/N3C(=O)c4ccccc4C3=O)c2c1. The molecule has 4 rings (SSSR count). The van der Waals surface area contributed by atoms with E-state index >= 15 is 0 Å². The summed E-state index contributed by atoms with van der Waals surface area (Å²) in [6.45, 7) is 4.00. The van der Waals surface area contributed by atoms with E-state index in [1.807, 2.05) is 38.1 Å². The summed E-state index contributed by atoms with van der Waals surface area (Å²) in [5.41, 5.74) is 2.52. The monoisotopic (exact) mass is 360 g/mol. The van der Waals surface area contributed by atoms with Crippen LogP contribution in [-0.4, -0.2) is 28.8 Å². The molecule has 0 saturated carbocycles. The number of methoxy groups -OCH3 is 1. The fourth-order valence-electron chi connectivity index (χ4n) is 2.91. The minimum absolute atomic E-state index is 0.312. The fourth-order valence-corrected chi connectivity index (χ4v) is 2.91. The van der Waals surface area contributed by atoms with Crippen molar-refractivity contribution in [3.05, 3.63) is 77.6 Å². The molecule has 3 aromatic rings. The molecule has 2 aromatic carbocycles. The number of hydrogen-bond acceptors (Lipinski definition) is 4. The molecular formula is C22H20N2O3. The first-order valence-corrected chi connectivity index (χ1v) is 8.77. The Bertz CT molecular complexity index is 1010.